The quantitative estimate of drug-likeness (QED) is 0.1000. The maximum Gasteiger partial charge on any atom is 0.418 e. The number of aryl methyl sites for hydroxylation is 1. The molecule has 1 atom stereocenters. The van der Waals surface area contributed by atoms with Crippen LogP contribution in [0.4, 0.5) is 44.2 Å². The van der Waals surface area contributed by atoms with Crippen LogP contribution in [0.5, 0.6) is 23.3 Å². The number of ether oxygens (including phenoxy) is 4. The number of benzene rings is 3. The minimum absolute atomic E-state index is 0.0133. The van der Waals surface area contributed by atoms with Gasteiger partial charge in [-0.2, -0.15) is 23.1 Å². The molecule has 1 amide bonds. The fourth-order valence-corrected chi connectivity index (χ4v) is 9.76. The number of pyridine rings is 2. The van der Waals surface area contributed by atoms with E-state index in [9.17, 15) is 18.7 Å². The van der Waals surface area contributed by atoms with Crippen LogP contribution in [0.2, 0.25) is 5.02 Å². The number of rotatable bonds is 14. The van der Waals surface area contributed by atoms with Crippen molar-refractivity contribution in [2.75, 3.05) is 62.2 Å². The van der Waals surface area contributed by atoms with Gasteiger partial charge in [0.05, 0.1) is 60.0 Å². The van der Waals surface area contributed by atoms with Gasteiger partial charge in [-0.15, -0.1) is 0 Å². The zero-order valence-corrected chi connectivity index (χ0v) is 37.9. The molecule has 3 aliphatic heterocycles. The number of hydrogen-bond donors (Lipinski definition) is 2. The summed E-state index contributed by atoms with van der Waals surface area (Å²) in [5.41, 5.74) is -0.543. The lowest BCUT2D eigenvalue weighted by molar-refractivity contribution is -0.137. The van der Waals surface area contributed by atoms with E-state index in [1.54, 1.807) is 60.4 Å². The molecule has 3 aliphatic rings. The summed E-state index contributed by atoms with van der Waals surface area (Å²) in [4.78, 5) is 35.6. The van der Waals surface area contributed by atoms with E-state index < -0.39 is 48.0 Å². The fraction of sp³-hybridized carbons (Fsp3) is 0.354. The lowest BCUT2D eigenvalue weighted by Gasteiger charge is -2.30. The van der Waals surface area contributed by atoms with Crippen LogP contribution in [0.25, 0.3) is 22.2 Å². The molecule has 6 heterocycles. The number of carboxylic acid groups (broad SMARTS) is 1. The number of aromatic nitrogens is 4. The SMILES string of the molecule is COc1ccc(CN(Cc2ccc(OC)cc2)c2cc(C)c(C(F)(F)F)c(-c3cc4nc(OC[C@@]56CCCN5CC(F)(F)C6)nc5c4c(c3Cl)OCCN5Cc3cccnc3NC(=O)O)n2)cc1. The summed E-state index contributed by atoms with van der Waals surface area (Å²) in [7, 11) is 3.11. The molecule has 2 saturated heterocycles. The molecule has 14 nitrogen and oxygen atoms in total. The molecule has 2 N–H and O–H groups in total. The number of amides is 1. The first kappa shape index (κ1) is 46.4. The maximum atomic E-state index is 15.5. The average molecular weight is 961 g/mol. The summed E-state index contributed by atoms with van der Waals surface area (Å²) in [6.45, 7) is 1.86. The zero-order valence-electron chi connectivity index (χ0n) is 37.2. The number of methoxy groups -OCH3 is 2. The lowest BCUT2D eigenvalue weighted by atomic mass is 9.94. The van der Waals surface area contributed by atoms with Crippen molar-refractivity contribution in [1.29, 1.82) is 0 Å². The zero-order chi connectivity index (χ0) is 48.0. The van der Waals surface area contributed by atoms with Crippen LogP contribution in [-0.2, 0) is 25.8 Å². The van der Waals surface area contributed by atoms with E-state index in [1.807, 2.05) is 29.2 Å². The first-order valence-electron chi connectivity index (χ1n) is 21.7. The van der Waals surface area contributed by atoms with Crippen LogP contribution in [0.3, 0.4) is 0 Å². The standard InChI is InChI=1S/C48H46ClF5N8O6/c1-28-20-36(61(22-29-7-11-32(65-2)12-8-29)23-30-9-13-33(66-3)14-10-30)57-40(38(28)48(52,53)54)34-21-35-37-41(39(34)49)67-19-18-60(24-31-6-4-16-55-42(31)58-45(63)64)43(37)59-44(56-35)68-27-46-15-5-17-62(46)26-47(50,51)25-46/h4,6-14,16,20-21H,5,15,17-19,22-27H2,1-3H3,(H,55,58)(H,63,64)/t46-/m0/s1. The van der Waals surface area contributed by atoms with Crippen LogP contribution >= 0.6 is 11.6 Å². The minimum Gasteiger partial charge on any atom is -0.497 e. The Bertz CT molecular complexity index is 2810. The highest BCUT2D eigenvalue weighted by atomic mass is 35.5. The maximum absolute atomic E-state index is 15.5. The van der Waals surface area contributed by atoms with Crippen molar-refractivity contribution in [3.8, 4) is 34.5 Å². The van der Waals surface area contributed by atoms with Crippen LogP contribution in [0, 0.1) is 6.92 Å². The second kappa shape index (κ2) is 18.4. The highest BCUT2D eigenvalue weighted by Gasteiger charge is 2.57. The van der Waals surface area contributed by atoms with Gasteiger partial charge in [0.15, 0.2) is 5.75 Å². The molecule has 20 heteroatoms. The van der Waals surface area contributed by atoms with Gasteiger partial charge in [-0.1, -0.05) is 41.9 Å². The molecule has 3 aromatic heterocycles. The Kier molecular flexibility index (Phi) is 12.6. The highest BCUT2D eigenvalue weighted by molar-refractivity contribution is 6.36. The molecule has 68 heavy (non-hydrogen) atoms. The third-order valence-corrected chi connectivity index (χ3v) is 13.0. The van der Waals surface area contributed by atoms with Gasteiger partial charge in [0.2, 0.25) is 0 Å². The number of anilines is 3. The first-order chi connectivity index (χ1) is 32.5. The summed E-state index contributed by atoms with van der Waals surface area (Å²) in [5.74, 6) is -1.18. The molecule has 356 valence electrons. The summed E-state index contributed by atoms with van der Waals surface area (Å²) in [6.07, 6.45) is -4.06. The van der Waals surface area contributed by atoms with Gasteiger partial charge in [0, 0.05) is 43.4 Å². The molecule has 2 fully saturated rings. The van der Waals surface area contributed by atoms with Crippen molar-refractivity contribution in [3.63, 3.8) is 0 Å². The van der Waals surface area contributed by atoms with E-state index in [0.717, 1.165) is 11.1 Å². The van der Waals surface area contributed by atoms with Gasteiger partial charge in [-0.05, 0) is 85.5 Å². The van der Waals surface area contributed by atoms with Crippen molar-refractivity contribution in [2.24, 2.45) is 0 Å². The normalized spacial score (nSPS) is 17.6. The van der Waals surface area contributed by atoms with E-state index in [0.29, 0.717) is 36.4 Å². The third kappa shape index (κ3) is 9.41. The number of nitrogens with one attached hydrogen (secondary N) is 1. The van der Waals surface area contributed by atoms with Crippen molar-refractivity contribution >= 4 is 46.1 Å². The molecule has 0 unspecified atom stereocenters. The number of fused-ring (bicyclic) bond motifs is 1. The Morgan fingerprint density at radius 1 is 0.971 bits per heavy atom. The van der Waals surface area contributed by atoms with Crippen molar-refractivity contribution < 1.29 is 50.8 Å². The summed E-state index contributed by atoms with van der Waals surface area (Å²) in [5, 5.41) is 11.9. The Hall–Kier alpha value is -6.73. The molecule has 0 aliphatic carbocycles. The number of nitrogens with zero attached hydrogens (tertiary/aromatic N) is 7. The van der Waals surface area contributed by atoms with E-state index in [-0.39, 0.29) is 95.7 Å². The van der Waals surface area contributed by atoms with Gasteiger partial charge in [0.25, 0.3) is 5.92 Å². The summed E-state index contributed by atoms with van der Waals surface area (Å²) in [6, 6.07) is 20.5. The smallest absolute Gasteiger partial charge is 0.418 e. The number of carbonyl (C=O) groups is 1. The second-order valence-corrected chi connectivity index (χ2v) is 17.5. The number of halogens is 6. The van der Waals surface area contributed by atoms with Gasteiger partial charge in [0.1, 0.15) is 42.2 Å². The predicted octanol–water partition coefficient (Wildman–Crippen LogP) is 10.0. The third-order valence-electron chi connectivity index (χ3n) is 12.6. The van der Waals surface area contributed by atoms with E-state index in [4.69, 9.17) is 45.5 Å². The second-order valence-electron chi connectivity index (χ2n) is 17.1. The van der Waals surface area contributed by atoms with E-state index in [1.165, 1.54) is 25.3 Å². The van der Waals surface area contributed by atoms with Gasteiger partial charge >= 0.3 is 18.3 Å². The molecule has 0 saturated carbocycles. The molecular formula is C48H46ClF5N8O6. The van der Waals surface area contributed by atoms with Gasteiger partial charge in [-0.3, -0.25) is 10.2 Å². The monoisotopic (exact) mass is 960 g/mol. The van der Waals surface area contributed by atoms with Crippen LogP contribution in [-0.4, -0.2) is 94.6 Å². The lowest BCUT2D eigenvalue weighted by Crippen LogP contribution is -2.43. The molecule has 3 aromatic carbocycles. The molecule has 6 aromatic rings. The number of alkyl halides is 5. The Morgan fingerprint density at radius 2 is 1.66 bits per heavy atom. The Balaban J connectivity index is 1.20. The molecule has 0 spiro atoms. The largest absolute Gasteiger partial charge is 0.497 e. The molecule has 0 radical (unpaired) electrons. The van der Waals surface area contributed by atoms with Crippen molar-refractivity contribution in [3.05, 3.63) is 112 Å². The highest BCUT2D eigenvalue weighted by Crippen LogP contribution is 2.50. The van der Waals surface area contributed by atoms with Gasteiger partial charge < -0.3 is 33.9 Å². The topological polar surface area (TPSA) is 148 Å². The van der Waals surface area contributed by atoms with E-state index >= 15 is 13.2 Å². The van der Waals surface area contributed by atoms with Crippen LogP contribution in [0.15, 0.2) is 79.0 Å². The summed E-state index contributed by atoms with van der Waals surface area (Å²) < 4.78 is 99.4. The Labute approximate surface area is 392 Å². The molecular weight excluding hydrogens is 915 g/mol. The molecule has 9 rings (SSSR count). The number of hydrogen-bond acceptors (Lipinski definition) is 12. The molecule has 0 bridgehead atoms. The fourth-order valence-electron chi connectivity index (χ4n) is 9.47. The Morgan fingerprint density at radius 3 is 2.31 bits per heavy atom. The predicted molar refractivity (Wildman–Crippen MR) is 244 cm³/mol. The average Bonchev–Trinajstić information content (AvgIpc) is 3.72. The van der Waals surface area contributed by atoms with Crippen molar-refractivity contribution in [2.45, 2.75) is 63.5 Å². The van der Waals surface area contributed by atoms with Crippen molar-refractivity contribution in [1.82, 2.24) is 24.8 Å². The van der Waals surface area contributed by atoms with Crippen LogP contribution in [0.1, 0.15) is 47.1 Å². The summed E-state index contributed by atoms with van der Waals surface area (Å²) >= 11 is 7.25. The van der Waals surface area contributed by atoms with Crippen LogP contribution < -0.4 is 34.1 Å². The van der Waals surface area contributed by atoms with E-state index in [2.05, 4.69) is 10.3 Å². The minimum atomic E-state index is -4.90. The van der Waals surface area contributed by atoms with Gasteiger partial charge in [-0.25, -0.2) is 23.5 Å². The first-order valence-corrected chi connectivity index (χ1v) is 22.1.